The Morgan fingerprint density at radius 2 is 1.74 bits per heavy atom. The number of benzene rings is 2. The zero-order valence-electron chi connectivity index (χ0n) is 18.7. The SMILES string of the molecule is CCOC(=O)CN(C(=O)CSc1nnc(-c2cccs2)n1Cc1ccccc1)c1ccccc1. The van der Waals surface area contributed by atoms with Crippen molar-refractivity contribution in [2.24, 2.45) is 0 Å². The van der Waals surface area contributed by atoms with E-state index in [-0.39, 0.29) is 24.8 Å². The topological polar surface area (TPSA) is 77.3 Å². The number of esters is 1. The first-order valence-electron chi connectivity index (χ1n) is 10.8. The van der Waals surface area contributed by atoms with Crippen molar-refractivity contribution in [2.75, 3.05) is 23.8 Å². The lowest BCUT2D eigenvalue weighted by molar-refractivity contribution is -0.142. The lowest BCUT2D eigenvalue weighted by atomic mass is 10.2. The summed E-state index contributed by atoms with van der Waals surface area (Å²) in [5.74, 6) is 0.208. The van der Waals surface area contributed by atoms with Gasteiger partial charge in [-0.25, -0.2) is 0 Å². The lowest BCUT2D eigenvalue weighted by Crippen LogP contribution is -2.37. The van der Waals surface area contributed by atoms with Gasteiger partial charge in [-0.1, -0.05) is 66.4 Å². The van der Waals surface area contributed by atoms with Gasteiger partial charge in [-0.3, -0.25) is 14.2 Å². The molecule has 0 N–H and O–H groups in total. The third-order valence-corrected chi connectivity index (χ3v) is 6.75. The molecule has 2 aromatic carbocycles. The second-order valence-corrected chi connectivity index (χ2v) is 9.15. The van der Waals surface area contributed by atoms with Crippen LogP contribution < -0.4 is 4.90 Å². The van der Waals surface area contributed by atoms with Gasteiger partial charge in [0.05, 0.1) is 23.8 Å². The Morgan fingerprint density at radius 3 is 2.41 bits per heavy atom. The van der Waals surface area contributed by atoms with E-state index in [0.717, 1.165) is 16.3 Å². The predicted octanol–water partition coefficient (Wildman–Crippen LogP) is 4.74. The van der Waals surface area contributed by atoms with Crippen molar-refractivity contribution in [3.63, 3.8) is 0 Å². The molecule has 174 valence electrons. The predicted molar refractivity (Wildman–Crippen MR) is 135 cm³/mol. The number of carbonyl (C=O) groups is 2. The Hall–Kier alpha value is -3.43. The Kier molecular flexibility index (Phi) is 8.11. The van der Waals surface area contributed by atoms with E-state index in [0.29, 0.717) is 17.4 Å². The van der Waals surface area contributed by atoms with Gasteiger partial charge < -0.3 is 9.64 Å². The summed E-state index contributed by atoms with van der Waals surface area (Å²) in [4.78, 5) is 27.8. The van der Waals surface area contributed by atoms with Crippen LogP contribution in [-0.2, 0) is 20.9 Å². The molecular weight excluding hydrogens is 468 g/mol. The van der Waals surface area contributed by atoms with Gasteiger partial charge in [0.25, 0.3) is 0 Å². The van der Waals surface area contributed by atoms with E-state index in [4.69, 9.17) is 4.74 Å². The molecule has 4 rings (SSSR count). The van der Waals surface area contributed by atoms with Crippen molar-refractivity contribution in [1.82, 2.24) is 14.8 Å². The minimum atomic E-state index is -0.447. The van der Waals surface area contributed by atoms with Crippen LogP contribution in [0.3, 0.4) is 0 Å². The maximum absolute atomic E-state index is 13.2. The van der Waals surface area contributed by atoms with Crippen LogP contribution in [0.4, 0.5) is 5.69 Å². The number of para-hydroxylation sites is 1. The van der Waals surface area contributed by atoms with Crippen molar-refractivity contribution in [3.05, 3.63) is 83.7 Å². The summed E-state index contributed by atoms with van der Waals surface area (Å²) in [5, 5.41) is 11.4. The first-order chi connectivity index (χ1) is 16.7. The van der Waals surface area contributed by atoms with Crippen LogP contribution in [0.2, 0.25) is 0 Å². The minimum absolute atomic E-state index is 0.103. The number of thioether (sulfide) groups is 1. The normalized spacial score (nSPS) is 10.7. The molecule has 2 heterocycles. The molecule has 0 aliphatic carbocycles. The largest absolute Gasteiger partial charge is 0.465 e. The van der Waals surface area contributed by atoms with E-state index in [2.05, 4.69) is 10.2 Å². The second-order valence-electron chi connectivity index (χ2n) is 7.26. The van der Waals surface area contributed by atoms with Crippen LogP contribution >= 0.6 is 23.1 Å². The molecule has 0 saturated heterocycles. The molecule has 7 nitrogen and oxygen atoms in total. The van der Waals surface area contributed by atoms with Crippen LogP contribution in [0, 0.1) is 0 Å². The first kappa shape index (κ1) is 23.7. The molecule has 0 fully saturated rings. The molecule has 0 aliphatic heterocycles. The average Bonchev–Trinajstić information content (AvgIpc) is 3.53. The minimum Gasteiger partial charge on any atom is -0.465 e. The third-order valence-electron chi connectivity index (χ3n) is 4.93. The second kappa shape index (κ2) is 11.6. The van der Waals surface area contributed by atoms with Gasteiger partial charge in [0, 0.05) is 5.69 Å². The zero-order valence-corrected chi connectivity index (χ0v) is 20.3. The van der Waals surface area contributed by atoms with Crippen molar-refractivity contribution in [2.45, 2.75) is 18.6 Å². The quantitative estimate of drug-likeness (QED) is 0.235. The number of amides is 1. The van der Waals surface area contributed by atoms with Gasteiger partial charge in [-0.2, -0.15) is 0 Å². The number of thiophene rings is 1. The van der Waals surface area contributed by atoms with E-state index < -0.39 is 5.97 Å². The van der Waals surface area contributed by atoms with Gasteiger partial charge in [0.2, 0.25) is 5.91 Å². The molecule has 0 saturated carbocycles. The monoisotopic (exact) mass is 492 g/mol. The van der Waals surface area contributed by atoms with E-state index in [1.165, 1.54) is 16.7 Å². The number of ether oxygens (including phenoxy) is 1. The molecule has 0 spiro atoms. The highest BCUT2D eigenvalue weighted by Crippen LogP contribution is 2.28. The third kappa shape index (κ3) is 5.92. The number of aromatic nitrogens is 3. The first-order valence-corrected chi connectivity index (χ1v) is 12.7. The summed E-state index contributed by atoms with van der Waals surface area (Å²) in [6, 6.07) is 23.2. The zero-order chi connectivity index (χ0) is 23.8. The smallest absolute Gasteiger partial charge is 0.326 e. The summed E-state index contributed by atoms with van der Waals surface area (Å²) in [6.45, 7) is 2.45. The number of hydrogen-bond acceptors (Lipinski definition) is 7. The molecule has 1 amide bonds. The number of anilines is 1. The molecule has 0 aliphatic rings. The average molecular weight is 493 g/mol. The molecule has 0 radical (unpaired) electrons. The summed E-state index contributed by atoms with van der Waals surface area (Å²) in [5.41, 5.74) is 1.76. The van der Waals surface area contributed by atoms with E-state index in [9.17, 15) is 9.59 Å². The standard InChI is InChI=1S/C25H24N4O3S2/c1-2-32-23(31)17-28(20-12-7-4-8-13-20)22(30)18-34-25-27-26-24(21-14-9-15-33-21)29(25)16-19-10-5-3-6-11-19/h3-15H,2,16-18H2,1H3. The summed E-state index contributed by atoms with van der Waals surface area (Å²) < 4.78 is 7.10. The molecule has 0 bridgehead atoms. The Balaban J connectivity index is 1.55. The summed E-state index contributed by atoms with van der Waals surface area (Å²) in [7, 11) is 0. The number of rotatable bonds is 10. The maximum atomic E-state index is 13.2. The summed E-state index contributed by atoms with van der Waals surface area (Å²) in [6.07, 6.45) is 0. The molecule has 9 heteroatoms. The highest BCUT2D eigenvalue weighted by molar-refractivity contribution is 7.99. The summed E-state index contributed by atoms with van der Waals surface area (Å²) >= 11 is 2.90. The number of carbonyl (C=O) groups excluding carboxylic acids is 2. The van der Waals surface area contributed by atoms with Gasteiger partial charge >= 0.3 is 5.97 Å². The van der Waals surface area contributed by atoms with E-state index in [1.54, 1.807) is 30.4 Å². The van der Waals surface area contributed by atoms with Crippen molar-refractivity contribution in [3.8, 4) is 10.7 Å². The molecule has 4 aromatic rings. The van der Waals surface area contributed by atoms with Gasteiger partial charge in [-0.05, 0) is 36.1 Å². The fourth-order valence-corrected chi connectivity index (χ4v) is 4.89. The molecule has 0 atom stereocenters. The molecule has 2 aromatic heterocycles. The van der Waals surface area contributed by atoms with Crippen molar-refractivity contribution in [1.29, 1.82) is 0 Å². The van der Waals surface area contributed by atoms with Crippen LogP contribution in [0.25, 0.3) is 10.7 Å². The van der Waals surface area contributed by atoms with Crippen LogP contribution in [0.5, 0.6) is 0 Å². The van der Waals surface area contributed by atoms with Crippen LogP contribution in [0.1, 0.15) is 12.5 Å². The molecule has 34 heavy (non-hydrogen) atoms. The molecular formula is C25H24N4O3S2. The van der Waals surface area contributed by atoms with Gasteiger partial charge in [0.1, 0.15) is 6.54 Å². The van der Waals surface area contributed by atoms with E-state index in [1.807, 2.05) is 70.6 Å². The van der Waals surface area contributed by atoms with Gasteiger partial charge in [0.15, 0.2) is 11.0 Å². The maximum Gasteiger partial charge on any atom is 0.326 e. The Labute approximate surface area is 206 Å². The lowest BCUT2D eigenvalue weighted by Gasteiger charge is -2.21. The fourth-order valence-electron chi connectivity index (χ4n) is 3.36. The van der Waals surface area contributed by atoms with Crippen LogP contribution in [-0.4, -0.2) is 45.5 Å². The van der Waals surface area contributed by atoms with E-state index >= 15 is 0 Å². The fraction of sp³-hybridized carbons (Fsp3) is 0.200. The Bertz CT molecular complexity index is 1210. The van der Waals surface area contributed by atoms with Crippen molar-refractivity contribution >= 4 is 40.7 Å². The highest BCUT2D eigenvalue weighted by atomic mass is 32.2. The number of hydrogen-bond donors (Lipinski definition) is 0. The number of nitrogens with zero attached hydrogens (tertiary/aromatic N) is 4. The van der Waals surface area contributed by atoms with Crippen LogP contribution in [0.15, 0.2) is 83.3 Å². The molecule has 0 unspecified atom stereocenters. The van der Waals surface area contributed by atoms with Gasteiger partial charge in [-0.15, -0.1) is 21.5 Å². The Morgan fingerprint density at radius 1 is 1.00 bits per heavy atom. The highest BCUT2D eigenvalue weighted by Gasteiger charge is 2.22. The van der Waals surface area contributed by atoms with Crippen molar-refractivity contribution < 1.29 is 14.3 Å².